The lowest BCUT2D eigenvalue weighted by molar-refractivity contribution is 0.344. The van der Waals surface area contributed by atoms with Gasteiger partial charge in [0.2, 0.25) is 0 Å². The summed E-state index contributed by atoms with van der Waals surface area (Å²) in [6, 6.07) is 5.71. The Morgan fingerprint density at radius 1 is 1.44 bits per heavy atom. The van der Waals surface area contributed by atoms with Gasteiger partial charge >= 0.3 is 0 Å². The van der Waals surface area contributed by atoms with Crippen molar-refractivity contribution in [2.24, 2.45) is 0 Å². The summed E-state index contributed by atoms with van der Waals surface area (Å²) in [6.45, 7) is 2.30. The zero-order valence-corrected chi connectivity index (χ0v) is 10.5. The summed E-state index contributed by atoms with van der Waals surface area (Å²) in [5.41, 5.74) is 1.64. The molecule has 2 aromatic rings. The maximum atomic E-state index is 11.9. The Balaban J connectivity index is 2.22. The van der Waals surface area contributed by atoms with Gasteiger partial charge in [0.05, 0.1) is 7.11 Å². The van der Waals surface area contributed by atoms with Crippen molar-refractivity contribution in [2.45, 2.75) is 19.9 Å². The van der Waals surface area contributed by atoms with Gasteiger partial charge in [0.25, 0.3) is 11.6 Å². The number of hydrogen-bond donors (Lipinski definition) is 0. The Hall–Kier alpha value is -2.17. The van der Waals surface area contributed by atoms with Gasteiger partial charge in [-0.3, -0.25) is 14.3 Å². The summed E-state index contributed by atoms with van der Waals surface area (Å²) < 4.78 is 6.66. The molecule has 0 aliphatic carbocycles. The fourth-order valence-electron chi connectivity index (χ4n) is 1.74. The minimum Gasteiger partial charge on any atom is -0.468 e. The number of pyridine rings is 1. The van der Waals surface area contributed by atoms with E-state index in [0.717, 1.165) is 12.0 Å². The van der Waals surface area contributed by atoms with Crippen molar-refractivity contribution in [3.63, 3.8) is 0 Å². The van der Waals surface area contributed by atoms with Gasteiger partial charge in [0.15, 0.2) is 0 Å². The summed E-state index contributed by atoms with van der Waals surface area (Å²) in [4.78, 5) is 20.1. The highest BCUT2D eigenvalue weighted by molar-refractivity contribution is 5.10. The van der Waals surface area contributed by atoms with E-state index in [1.165, 1.54) is 17.7 Å². The van der Waals surface area contributed by atoms with Crippen LogP contribution in [0.25, 0.3) is 0 Å². The lowest BCUT2D eigenvalue weighted by Gasteiger charge is -2.10. The van der Waals surface area contributed by atoms with Crippen LogP contribution in [0.5, 0.6) is 6.01 Å². The van der Waals surface area contributed by atoms with Gasteiger partial charge in [0.1, 0.15) is 0 Å². The Labute approximate surface area is 105 Å². The molecule has 0 N–H and O–H groups in total. The largest absolute Gasteiger partial charge is 0.468 e. The van der Waals surface area contributed by atoms with E-state index in [-0.39, 0.29) is 5.56 Å². The summed E-state index contributed by atoms with van der Waals surface area (Å²) in [5.74, 6) is 0. The molecule has 0 radical (unpaired) electrons. The molecule has 0 saturated carbocycles. The number of ether oxygens (including phenoxy) is 1. The summed E-state index contributed by atoms with van der Waals surface area (Å²) in [5, 5.41) is 0. The van der Waals surface area contributed by atoms with Gasteiger partial charge in [0, 0.05) is 30.7 Å². The second kappa shape index (κ2) is 5.44. The summed E-state index contributed by atoms with van der Waals surface area (Å²) in [6.07, 6.45) is 4.23. The van der Waals surface area contributed by atoms with Crippen LogP contribution in [0.3, 0.4) is 0 Å². The SMILES string of the molecule is COc1nc(C)cc(=O)n1CCc1cccnc1. The molecule has 0 spiro atoms. The molecule has 0 saturated heterocycles. The average molecular weight is 245 g/mol. The van der Waals surface area contributed by atoms with Crippen LogP contribution in [0, 0.1) is 6.92 Å². The Morgan fingerprint density at radius 3 is 2.94 bits per heavy atom. The molecule has 0 aliphatic rings. The third-order valence-electron chi connectivity index (χ3n) is 2.63. The number of nitrogens with zero attached hydrogens (tertiary/aromatic N) is 3. The van der Waals surface area contributed by atoms with Gasteiger partial charge in [-0.1, -0.05) is 6.07 Å². The molecule has 18 heavy (non-hydrogen) atoms. The van der Waals surface area contributed by atoms with Crippen molar-refractivity contribution in [1.82, 2.24) is 14.5 Å². The molecule has 0 unspecified atom stereocenters. The van der Waals surface area contributed by atoms with Crippen LogP contribution >= 0.6 is 0 Å². The highest BCUT2D eigenvalue weighted by atomic mass is 16.5. The lowest BCUT2D eigenvalue weighted by atomic mass is 10.2. The molecule has 0 aliphatic heterocycles. The van der Waals surface area contributed by atoms with Crippen molar-refractivity contribution in [1.29, 1.82) is 0 Å². The second-order valence-electron chi connectivity index (χ2n) is 3.99. The van der Waals surface area contributed by atoms with E-state index in [4.69, 9.17) is 4.74 Å². The molecule has 0 bridgehead atoms. The number of rotatable bonds is 4. The van der Waals surface area contributed by atoms with Crippen molar-refractivity contribution in [2.75, 3.05) is 7.11 Å². The fraction of sp³-hybridized carbons (Fsp3) is 0.308. The molecular weight excluding hydrogens is 230 g/mol. The minimum atomic E-state index is -0.0942. The van der Waals surface area contributed by atoms with Crippen LogP contribution in [-0.2, 0) is 13.0 Å². The number of hydrogen-bond acceptors (Lipinski definition) is 4. The quantitative estimate of drug-likeness (QED) is 0.812. The van der Waals surface area contributed by atoms with Crippen LogP contribution in [-0.4, -0.2) is 21.6 Å². The molecule has 0 aromatic carbocycles. The summed E-state index contributed by atoms with van der Waals surface area (Å²) in [7, 11) is 1.52. The molecule has 94 valence electrons. The molecule has 5 nitrogen and oxygen atoms in total. The van der Waals surface area contributed by atoms with Gasteiger partial charge in [-0.25, -0.2) is 4.98 Å². The topological polar surface area (TPSA) is 57.0 Å². The van der Waals surface area contributed by atoms with Crippen LogP contribution in [0.1, 0.15) is 11.3 Å². The van der Waals surface area contributed by atoms with E-state index >= 15 is 0 Å². The van der Waals surface area contributed by atoms with E-state index in [9.17, 15) is 4.79 Å². The molecule has 0 fully saturated rings. The highest BCUT2D eigenvalue weighted by Crippen LogP contribution is 2.06. The maximum absolute atomic E-state index is 11.9. The normalized spacial score (nSPS) is 10.3. The average Bonchev–Trinajstić information content (AvgIpc) is 2.38. The first-order valence-electron chi connectivity index (χ1n) is 5.72. The predicted octanol–water partition coefficient (Wildman–Crippen LogP) is 1.20. The van der Waals surface area contributed by atoms with Crippen molar-refractivity contribution in [3.05, 3.63) is 52.2 Å². The van der Waals surface area contributed by atoms with Gasteiger partial charge < -0.3 is 4.74 Å². The maximum Gasteiger partial charge on any atom is 0.299 e. The molecule has 5 heteroatoms. The van der Waals surface area contributed by atoms with Crippen molar-refractivity contribution >= 4 is 0 Å². The van der Waals surface area contributed by atoms with Crippen molar-refractivity contribution < 1.29 is 4.74 Å². The third-order valence-corrected chi connectivity index (χ3v) is 2.63. The Bertz CT molecular complexity index is 579. The van der Waals surface area contributed by atoms with E-state index in [0.29, 0.717) is 18.2 Å². The summed E-state index contributed by atoms with van der Waals surface area (Å²) >= 11 is 0. The van der Waals surface area contributed by atoms with E-state index in [1.807, 2.05) is 12.1 Å². The fourth-order valence-corrected chi connectivity index (χ4v) is 1.74. The van der Waals surface area contributed by atoms with Crippen molar-refractivity contribution in [3.8, 4) is 6.01 Å². The van der Waals surface area contributed by atoms with Crippen LogP contribution in [0.15, 0.2) is 35.4 Å². The molecule has 2 rings (SSSR count). The molecule has 0 atom stereocenters. The number of aromatic nitrogens is 3. The first-order valence-corrected chi connectivity index (χ1v) is 5.72. The lowest BCUT2D eigenvalue weighted by Crippen LogP contribution is -2.23. The first kappa shape index (κ1) is 12.3. The molecule has 2 heterocycles. The van der Waals surface area contributed by atoms with E-state index < -0.39 is 0 Å². The Morgan fingerprint density at radius 2 is 2.28 bits per heavy atom. The molecule has 0 amide bonds. The van der Waals surface area contributed by atoms with Gasteiger partial charge in [-0.05, 0) is 25.0 Å². The van der Waals surface area contributed by atoms with Crippen LogP contribution in [0.4, 0.5) is 0 Å². The minimum absolute atomic E-state index is 0.0942. The zero-order valence-electron chi connectivity index (χ0n) is 10.5. The predicted molar refractivity (Wildman–Crippen MR) is 67.7 cm³/mol. The molecular formula is C13H15N3O2. The third kappa shape index (κ3) is 2.74. The monoisotopic (exact) mass is 245 g/mol. The van der Waals surface area contributed by atoms with Gasteiger partial charge in [-0.2, -0.15) is 0 Å². The highest BCUT2D eigenvalue weighted by Gasteiger charge is 2.07. The van der Waals surface area contributed by atoms with E-state index in [1.54, 1.807) is 19.3 Å². The Kier molecular flexibility index (Phi) is 3.72. The second-order valence-corrected chi connectivity index (χ2v) is 3.99. The number of methoxy groups -OCH3 is 1. The standard InChI is InChI=1S/C13H15N3O2/c1-10-8-12(17)16(13(15-10)18-2)7-5-11-4-3-6-14-9-11/h3-4,6,8-9H,5,7H2,1-2H3. The first-order chi connectivity index (χ1) is 8.70. The molecule has 2 aromatic heterocycles. The van der Waals surface area contributed by atoms with Crippen LogP contribution in [0.2, 0.25) is 0 Å². The number of aryl methyl sites for hydroxylation is 2. The van der Waals surface area contributed by atoms with E-state index in [2.05, 4.69) is 9.97 Å². The van der Waals surface area contributed by atoms with Gasteiger partial charge in [-0.15, -0.1) is 0 Å². The van der Waals surface area contributed by atoms with Crippen LogP contribution < -0.4 is 10.3 Å². The smallest absolute Gasteiger partial charge is 0.299 e. The zero-order chi connectivity index (χ0) is 13.0.